The van der Waals surface area contributed by atoms with E-state index in [4.69, 9.17) is 9.47 Å². The molecular weight excluding hydrogens is 423 g/mol. The molecule has 1 atom stereocenters. The monoisotopic (exact) mass is 442 g/mol. The number of carbonyl (C=O) groups is 1. The van der Waals surface area contributed by atoms with Gasteiger partial charge in [0.15, 0.2) is 11.5 Å². The van der Waals surface area contributed by atoms with E-state index in [-0.39, 0.29) is 29.3 Å². The molecule has 3 aromatic rings. The highest BCUT2D eigenvalue weighted by Crippen LogP contribution is 2.34. The molecule has 0 aliphatic carbocycles. The Hall–Kier alpha value is -3.59. The van der Waals surface area contributed by atoms with Crippen molar-refractivity contribution in [3.8, 4) is 11.5 Å². The average molecular weight is 442 g/mol. The maximum absolute atomic E-state index is 13.0. The first-order valence-electron chi connectivity index (χ1n) is 9.41. The lowest BCUT2D eigenvalue weighted by atomic mass is 10.1. The third-order valence-corrected chi connectivity index (χ3v) is 6.16. The van der Waals surface area contributed by atoms with Crippen molar-refractivity contribution in [3.63, 3.8) is 0 Å². The van der Waals surface area contributed by atoms with Crippen molar-refractivity contribution >= 4 is 21.6 Å². The molecular formula is C22H19FN2O5S. The molecule has 1 amide bonds. The molecule has 9 heteroatoms. The van der Waals surface area contributed by atoms with E-state index in [1.165, 1.54) is 36.4 Å². The second-order valence-electron chi connectivity index (χ2n) is 6.94. The van der Waals surface area contributed by atoms with Gasteiger partial charge in [0.2, 0.25) is 6.79 Å². The zero-order valence-electron chi connectivity index (χ0n) is 16.5. The minimum Gasteiger partial charge on any atom is -0.454 e. The number of fused-ring (bicyclic) bond motifs is 1. The van der Waals surface area contributed by atoms with Gasteiger partial charge in [-0.25, -0.2) is 12.8 Å². The van der Waals surface area contributed by atoms with Crippen LogP contribution in [-0.2, 0) is 10.0 Å². The first kappa shape index (κ1) is 20.7. The Balaban J connectivity index is 1.41. The fraction of sp³-hybridized carbons (Fsp3) is 0.136. The normalized spacial score (nSPS) is 13.5. The van der Waals surface area contributed by atoms with E-state index in [0.29, 0.717) is 17.1 Å². The van der Waals surface area contributed by atoms with Gasteiger partial charge in [0.1, 0.15) is 5.82 Å². The highest BCUT2D eigenvalue weighted by atomic mass is 32.2. The number of amides is 1. The number of hydrogen-bond donors (Lipinski definition) is 2. The maximum atomic E-state index is 13.0. The SMILES string of the molecule is CC(NC(=O)c1ccc(NS(=O)(=O)c2ccc(F)cc2)cc1)c1ccc2c(c1)OCO2. The Bertz CT molecular complexity index is 1210. The lowest BCUT2D eigenvalue weighted by Gasteiger charge is -2.15. The summed E-state index contributed by atoms with van der Waals surface area (Å²) in [4.78, 5) is 12.5. The van der Waals surface area contributed by atoms with Crippen LogP contribution in [0.25, 0.3) is 0 Å². The van der Waals surface area contributed by atoms with Gasteiger partial charge in [-0.1, -0.05) is 6.07 Å². The Kier molecular flexibility index (Phi) is 5.51. The predicted molar refractivity (Wildman–Crippen MR) is 112 cm³/mol. The summed E-state index contributed by atoms with van der Waals surface area (Å²) in [7, 11) is -3.86. The zero-order valence-corrected chi connectivity index (χ0v) is 17.3. The highest BCUT2D eigenvalue weighted by Gasteiger charge is 2.18. The minimum atomic E-state index is -3.86. The van der Waals surface area contributed by atoms with E-state index >= 15 is 0 Å². The summed E-state index contributed by atoms with van der Waals surface area (Å²) in [5, 5.41) is 2.89. The molecule has 2 N–H and O–H groups in total. The topological polar surface area (TPSA) is 93.7 Å². The molecule has 0 fully saturated rings. The number of anilines is 1. The summed E-state index contributed by atoms with van der Waals surface area (Å²) in [6, 6.07) is 15.7. The van der Waals surface area contributed by atoms with Gasteiger partial charge in [-0.15, -0.1) is 0 Å². The van der Waals surface area contributed by atoms with Crippen LogP contribution in [-0.4, -0.2) is 21.1 Å². The second-order valence-corrected chi connectivity index (χ2v) is 8.63. The summed E-state index contributed by atoms with van der Waals surface area (Å²) < 4.78 is 50.8. The number of rotatable bonds is 6. The van der Waals surface area contributed by atoms with Crippen LogP contribution in [0, 0.1) is 5.82 Å². The molecule has 1 aliphatic rings. The van der Waals surface area contributed by atoms with Gasteiger partial charge in [0.05, 0.1) is 10.9 Å². The molecule has 0 aromatic heterocycles. The first-order valence-corrected chi connectivity index (χ1v) is 10.9. The van der Waals surface area contributed by atoms with E-state index in [9.17, 15) is 17.6 Å². The van der Waals surface area contributed by atoms with Crippen LogP contribution >= 0.6 is 0 Å². The van der Waals surface area contributed by atoms with Crippen molar-refractivity contribution in [2.45, 2.75) is 17.9 Å². The van der Waals surface area contributed by atoms with Crippen LogP contribution in [0.5, 0.6) is 11.5 Å². The number of nitrogens with one attached hydrogen (secondary N) is 2. The lowest BCUT2D eigenvalue weighted by Crippen LogP contribution is -2.26. The molecule has 4 rings (SSSR count). The van der Waals surface area contributed by atoms with E-state index in [1.807, 2.05) is 19.1 Å². The molecule has 160 valence electrons. The van der Waals surface area contributed by atoms with Crippen LogP contribution in [0.1, 0.15) is 28.9 Å². The highest BCUT2D eigenvalue weighted by molar-refractivity contribution is 7.92. The van der Waals surface area contributed by atoms with Crippen LogP contribution in [0.2, 0.25) is 0 Å². The minimum absolute atomic E-state index is 0.0618. The fourth-order valence-corrected chi connectivity index (χ4v) is 4.12. The van der Waals surface area contributed by atoms with Crippen LogP contribution in [0.15, 0.2) is 71.6 Å². The number of ether oxygens (including phenoxy) is 2. The van der Waals surface area contributed by atoms with Gasteiger partial charge in [-0.3, -0.25) is 9.52 Å². The molecule has 31 heavy (non-hydrogen) atoms. The van der Waals surface area contributed by atoms with E-state index in [1.54, 1.807) is 6.07 Å². The summed E-state index contributed by atoms with van der Waals surface area (Å²) in [6.45, 7) is 2.03. The van der Waals surface area contributed by atoms with Crippen LogP contribution in [0.4, 0.5) is 10.1 Å². The summed E-state index contributed by atoms with van der Waals surface area (Å²) in [6.07, 6.45) is 0. The largest absolute Gasteiger partial charge is 0.454 e. The molecule has 1 unspecified atom stereocenters. The Morgan fingerprint density at radius 2 is 1.65 bits per heavy atom. The second kappa shape index (κ2) is 8.27. The maximum Gasteiger partial charge on any atom is 0.261 e. The number of hydrogen-bond acceptors (Lipinski definition) is 5. The Labute approximate surface area is 178 Å². The van der Waals surface area contributed by atoms with E-state index in [2.05, 4.69) is 10.0 Å². The molecule has 0 saturated carbocycles. The molecule has 0 saturated heterocycles. The summed E-state index contributed by atoms with van der Waals surface area (Å²) in [5.41, 5.74) is 1.52. The fourth-order valence-electron chi connectivity index (χ4n) is 3.06. The van der Waals surface area contributed by atoms with Crippen molar-refractivity contribution in [1.82, 2.24) is 5.32 Å². The van der Waals surface area contributed by atoms with Crippen molar-refractivity contribution in [2.75, 3.05) is 11.5 Å². The molecule has 0 radical (unpaired) electrons. The third-order valence-electron chi connectivity index (χ3n) is 4.77. The van der Waals surface area contributed by atoms with Gasteiger partial charge >= 0.3 is 0 Å². The first-order chi connectivity index (χ1) is 14.8. The van der Waals surface area contributed by atoms with Crippen LogP contribution in [0.3, 0.4) is 0 Å². The zero-order chi connectivity index (χ0) is 22.0. The molecule has 3 aromatic carbocycles. The Morgan fingerprint density at radius 1 is 0.968 bits per heavy atom. The number of carbonyl (C=O) groups excluding carboxylic acids is 1. The molecule has 0 bridgehead atoms. The summed E-state index contributed by atoms with van der Waals surface area (Å²) in [5.74, 6) is 0.472. The van der Waals surface area contributed by atoms with Gasteiger partial charge in [0, 0.05) is 11.3 Å². The van der Waals surface area contributed by atoms with Crippen molar-refractivity contribution in [2.24, 2.45) is 0 Å². The quantitative estimate of drug-likeness (QED) is 0.605. The van der Waals surface area contributed by atoms with Crippen LogP contribution < -0.4 is 19.5 Å². The molecule has 1 aliphatic heterocycles. The average Bonchev–Trinajstić information content (AvgIpc) is 3.22. The van der Waals surface area contributed by atoms with Crippen molar-refractivity contribution in [1.29, 1.82) is 0 Å². The van der Waals surface area contributed by atoms with Gasteiger partial charge < -0.3 is 14.8 Å². The molecule has 7 nitrogen and oxygen atoms in total. The van der Waals surface area contributed by atoms with Gasteiger partial charge in [-0.2, -0.15) is 0 Å². The van der Waals surface area contributed by atoms with E-state index in [0.717, 1.165) is 17.7 Å². The lowest BCUT2D eigenvalue weighted by molar-refractivity contribution is 0.0939. The van der Waals surface area contributed by atoms with Crippen molar-refractivity contribution in [3.05, 3.63) is 83.7 Å². The predicted octanol–water partition coefficient (Wildman–Crippen LogP) is 3.85. The number of benzene rings is 3. The number of halogens is 1. The molecule has 1 heterocycles. The third kappa shape index (κ3) is 4.61. The smallest absolute Gasteiger partial charge is 0.261 e. The van der Waals surface area contributed by atoms with Gasteiger partial charge in [0.25, 0.3) is 15.9 Å². The van der Waals surface area contributed by atoms with Crippen molar-refractivity contribution < 1.29 is 27.1 Å². The Morgan fingerprint density at radius 3 is 2.35 bits per heavy atom. The summed E-state index contributed by atoms with van der Waals surface area (Å²) >= 11 is 0. The van der Waals surface area contributed by atoms with E-state index < -0.39 is 15.8 Å². The standard InChI is InChI=1S/C22H19FN2O5S/c1-14(16-4-11-20-21(12-16)30-13-29-20)24-22(26)15-2-7-18(8-3-15)25-31(27,28)19-9-5-17(23)6-10-19/h2-12,14,25H,13H2,1H3,(H,24,26). The molecule has 0 spiro atoms. The number of sulfonamides is 1. The van der Waals surface area contributed by atoms with Gasteiger partial charge in [-0.05, 0) is 73.2 Å².